The van der Waals surface area contributed by atoms with Crippen molar-refractivity contribution >= 4 is 47.7 Å². The number of hydrogen-bond acceptors (Lipinski definition) is 6. The van der Waals surface area contributed by atoms with Crippen LogP contribution in [0.25, 0.3) is 11.2 Å². The molecule has 3 aromatic rings. The number of nitrogens with zero attached hydrogens (tertiary/aromatic N) is 4. The maximum atomic E-state index is 6.09. The van der Waals surface area contributed by atoms with Crippen LogP contribution in [-0.2, 0) is 6.42 Å². The molecule has 0 radical (unpaired) electrons. The lowest BCUT2D eigenvalue weighted by Gasteiger charge is -2.27. The summed E-state index contributed by atoms with van der Waals surface area (Å²) in [5.41, 5.74) is 9.22. The molecule has 0 unspecified atom stereocenters. The number of fused-ring (bicyclic) bond motifs is 1. The monoisotopic (exact) mass is 491 g/mol. The number of nitrogens with two attached hydrogens (primary N) is 1. The van der Waals surface area contributed by atoms with E-state index in [0.717, 1.165) is 55.6 Å². The van der Waals surface area contributed by atoms with Crippen molar-refractivity contribution in [3.8, 4) is 0 Å². The van der Waals surface area contributed by atoms with Gasteiger partial charge in [-0.05, 0) is 50.5 Å². The number of hydrogen-bond donors (Lipinski definition) is 3. The Labute approximate surface area is 208 Å². The Hall–Kier alpha value is -2.09. The van der Waals surface area contributed by atoms with Gasteiger partial charge in [0.2, 0.25) is 5.95 Å². The van der Waals surface area contributed by atoms with E-state index in [1.165, 1.54) is 31.2 Å². The number of imidazole rings is 1. The molecule has 2 aliphatic carbocycles. The molecule has 5 rings (SSSR count). The van der Waals surface area contributed by atoms with Gasteiger partial charge in [-0.3, -0.25) is 0 Å². The summed E-state index contributed by atoms with van der Waals surface area (Å²) in [7, 11) is 0. The highest BCUT2D eigenvalue weighted by Gasteiger charge is 2.23. The molecule has 2 aliphatic rings. The molecule has 9 heteroatoms. The molecule has 0 amide bonds. The predicted octanol–water partition coefficient (Wildman–Crippen LogP) is 5.12. The highest BCUT2D eigenvalue weighted by atomic mass is 35.5. The lowest BCUT2D eigenvalue weighted by atomic mass is 9.92. The van der Waals surface area contributed by atoms with Crippen molar-refractivity contribution in [2.24, 2.45) is 5.73 Å². The predicted molar refractivity (Wildman–Crippen MR) is 140 cm³/mol. The number of rotatable bonds is 7. The number of benzene rings is 1. The molecule has 0 bridgehead atoms. The third-order valence-corrected chi connectivity index (χ3v) is 6.79. The average Bonchev–Trinajstić information content (AvgIpc) is 3.46. The minimum absolute atomic E-state index is 0. The van der Waals surface area contributed by atoms with Crippen LogP contribution in [0, 0.1) is 0 Å². The van der Waals surface area contributed by atoms with Crippen LogP contribution in [0.3, 0.4) is 0 Å². The first-order chi connectivity index (χ1) is 15.3. The van der Waals surface area contributed by atoms with Crippen LogP contribution < -0.4 is 16.4 Å². The summed E-state index contributed by atoms with van der Waals surface area (Å²) in [6, 6.07) is 11.8. The largest absolute Gasteiger partial charge is 0.368 e. The van der Waals surface area contributed by atoms with Gasteiger partial charge >= 0.3 is 0 Å². The van der Waals surface area contributed by atoms with Crippen LogP contribution in [-0.4, -0.2) is 38.1 Å². The molecule has 0 spiro atoms. The highest BCUT2D eigenvalue weighted by molar-refractivity contribution is 5.86. The van der Waals surface area contributed by atoms with Crippen LogP contribution in [0.1, 0.15) is 63.0 Å². The van der Waals surface area contributed by atoms with Gasteiger partial charge in [0.25, 0.3) is 0 Å². The normalized spacial score (nSPS) is 20.8. The third-order valence-electron chi connectivity index (χ3n) is 6.79. The summed E-state index contributed by atoms with van der Waals surface area (Å²) in [5.74, 6) is 1.53. The summed E-state index contributed by atoms with van der Waals surface area (Å²) in [4.78, 5) is 14.5. The second-order valence-corrected chi connectivity index (χ2v) is 9.08. The molecule has 4 N–H and O–H groups in total. The maximum absolute atomic E-state index is 6.09. The first-order valence-electron chi connectivity index (χ1n) is 11.8. The number of aromatic nitrogens is 4. The van der Waals surface area contributed by atoms with E-state index in [4.69, 9.17) is 20.7 Å². The molecular weight excluding hydrogens is 457 g/mol. The Kier molecular flexibility index (Phi) is 9.18. The number of anilines is 2. The molecule has 2 heterocycles. The first-order valence-corrected chi connectivity index (χ1v) is 11.8. The van der Waals surface area contributed by atoms with E-state index in [9.17, 15) is 0 Å². The minimum Gasteiger partial charge on any atom is -0.368 e. The second kappa shape index (κ2) is 11.9. The molecule has 33 heavy (non-hydrogen) atoms. The molecule has 180 valence electrons. The summed E-state index contributed by atoms with van der Waals surface area (Å²) >= 11 is 0. The van der Waals surface area contributed by atoms with E-state index in [0.29, 0.717) is 24.1 Å². The zero-order valence-electron chi connectivity index (χ0n) is 18.9. The summed E-state index contributed by atoms with van der Waals surface area (Å²) in [6.45, 7) is 0.810. The summed E-state index contributed by atoms with van der Waals surface area (Å²) in [5, 5.41) is 7.13. The molecule has 2 aromatic heterocycles. The van der Waals surface area contributed by atoms with Crippen molar-refractivity contribution in [1.29, 1.82) is 0 Å². The smallest absolute Gasteiger partial charge is 0.227 e. The molecule has 2 saturated carbocycles. The Morgan fingerprint density at radius 3 is 2.39 bits per heavy atom. The zero-order chi connectivity index (χ0) is 21.0. The van der Waals surface area contributed by atoms with Crippen LogP contribution >= 0.6 is 24.8 Å². The standard InChI is InChI=1S/C24H33N7.2ClH/c25-18-10-12-19(13-11-18)28-24-29-22(26-15-14-17-6-2-1-3-7-17)21-23(30-24)31(16-27-21)20-8-4-5-9-20;;/h1-3,6-7,16,18-20H,4-5,8-15,25H2,(H2,26,28,29,30);2*1H. The Bertz CT molecular complexity index is 997. The van der Waals surface area contributed by atoms with Crippen molar-refractivity contribution in [3.05, 3.63) is 42.2 Å². The molecule has 0 aliphatic heterocycles. The number of nitrogens with one attached hydrogen (secondary N) is 2. The fourth-order valence-corrected chi connectivity index (χ4v) is 4.97. The van der Waals surface area contributed by atoms with E-state index < -0.39 is 0 Å². The van der Waals surface area contributed by atoms with Crippen LogP contribution in [0.5, 0.6) is 0 Å². The highest BCUT2D eigenvalue weighted by Crippen LogP contribution is 2.33. The quantitative estimate of drug-likeness (QED) is 0.424. The van der Waals surface area contributed by atoms with E-state index in [1.807, 2.05) is 6.33 Å². The Balaban J connectivity index is 0.00000153. The van der Waals surface area contributed by atoms with E-state index in [-0.39, 0.29) is 24.8 Å². The van der Waals surface area contributed by atoms with Crippen LogP contribution in [0.15, 0.2) is 36.7 Å². The van der Waals surface area contributed by atoms with Gasteiger partial charge in [-0.25, -0.2) is 4.98 Å². The van der Waals surface area contributed by atoms with Gasteiger partial charge in [-0.1, -0.05) is 43.2 Å². The molecular formula is C24H35Cl2N7. The number of halogens is 2. The average molecular weight is 492 g/mol. The topological polar surface area (TPSA) is 93.7 Å². The Morgan fingerprint density at radius 1 is 0.939 bits per heavy atom. The van der Waals surface area contributed by atoms with Crippen molar-refractivity contribution in [1.82, 2.24) is 19.5 Å². The first kappa shape index (κ1) is 25.5. The van der Waals surface area contributed by atoms with E-state index in [2.05, 4.69) is 45.5 Å². The minimum atomic E-state index is 0. The fraction of sp³-hybridized carbons (Fsp3) is 0.542. The van der Waals surface area contributed by atoms with Gasteiger partial charge in [0.1, 0.15) is 0 Å². The summed E-state index contributed by atoms with van der Waals surface area (Å²) in [6.07, 6.45) is 12.1. The molecule has 0 saturated heterocycles. The van der Waals surface area contributed by atoms with Crippen molar-refractivity contribution in [2.75, 3.05) is 17.2 Å². The molecule has 7 nitrogen and oxygen atoms in total. The lowest BCUT2D eigenvalue weighted by Crippen LogP contribution is -2.33. The zero-order valence-corrected chi connectivity index (χ0v) is 20.6. The van der Waals surface area contributed by atoms with Gasteiger partial charge in [-0.2, -0.15) is 9.97 Å². The van der Waals surface area contributed by atoms with Crippen molar-refractivity contribution in [3.63, 3.8) is 0 Å². The van der Waals surface area contributed by atoms with Gasteiger partial charge in [0.15, 0.2) is 17.0 Å². The van der Waals surface area contributed by atoms with Gasteiger partial charge in [0.05, 0.1) is 6.33 Å². The Morgan fingerprint density at radius 2 is 1.67 bits per heavy atom. The van der Waals surface area contributed by atoms with Gasteiger partial charge < -0.3 is 20.9 Å². The molecule has 1 aromatic carbocycles. The van der Waals surface area contributed by atoms with Crippen molar-refractivity contribution < 1.29 is 0 Å². The lowest BCUT2D eigenvalue weighted by molar-refractivity contribution is 0.410. The molecule has 2 fully saturated rings. The third kappa shape index (κ3) is 6.08. The van der Waals surface area contributed by atoms with Gasteiger partial charge in [0, 0.05) is 24.7 Å². The van der Waals surface area contributed by atoms with E-state index >= 15 is 0 Å². The maximum Gasteiger partial charge on any atom is 0.227 e. The van der Waals surface area contributed by atoms with E-state index in [1.54, 1.807) is 0 Å². The van der Waals surface area contributed by atoms with Crippen LogP contribution in [0.4, 0.5) is 11.8 Å². The van der Waals surface area contributed by atoms with Crippen molar-refractivity contribution in [2.45, 2.75) is 75.9 Å². The fourth-order valence-electron chi connectivity index (χ4n) is 4.97. The van der Waals surface area contributed by atoms with Gasteiger partial charge in [-0.15, -0.1) is 24.8 Å². The second-order valence-electron chi connectivity index (χ2n) is 9.08. The molecule has 0 atom stereocenters. The SMILES string of the molecule is Cl.Cl.NC1CCC(Nc2nc(NCCc3ccccc3)c3ncn(C4CCCC4)c3n2)CC1. The van der Waals surface area contributed by atoms with Crippen LogP contribution in [0.2, 0.25) is 0 Å². The summed E-state index contributed by atoms with van der Waals surface area (Å²) < 4.78 is 2.27.